The van der Waals surface area contributed by atoms with Gasteiger partial charge in [0.2, 0.25) is 5.91 Å². The van der Waals surface area contributed by atoms with Gasteiger partial charge in [-0.3, -0.25) is 14.4 Å². The Kier molecular flexibility index (Phi) is 5.14. The molecule has 0 aromatic heterocycles. The second-order valence-corrected chi connectivity index (χ2v) is 9.60. The van der Waals surface area contributed by atoms with Crippen LogP contribution in [-0.4, -0.2) is 60.8 Å². The van der Waals surface area contributed by atoms with Gasteiger partial charge >= 0.3 is 0 Å². The molecule has 182 valence electrons. The second kappa shape index (κ2) is 7.74. The van der Waals surface area contributed by atoms with Crippen molar-refractivity contribution in [2.45, 2.75) is 37.1 Å². The number of rotatable bonds is 2. The summed E-state index contributed by atoms with van der Waals surface area (Å²) in [5, 5.41) is 55.0. The maximum Gasteiger partial charge on any atom is 0.230 e. The highest BCUT2D eigenvalue weighted by atomic mass is 16.4. The molecule has 0 saturated heterocycles. The van der Waals surface area contributed by atoms with Gasteiger partial charge in [-0.1, -0.05) is 43.3 Å². The van der Waals surface area contributed by atoms with Gasteiger partial charge in [-0.15, -0.1) is 0 Å². The molecule has 2 aromatic carbocycles. The van der Waals surface area contributed by atoms with Crippen molar-refractivity contribution in [1.29, 1.82) is 0 Å². The number of phenols is 1. The molecule has 0 heterocycles. The van der Waals surface area contributed by atoms with Crippen molar-refractivity contribution in [2.24, 2.45) is 23.5 Å². The van der Waals surface area contributed by atoms with E-state index in [4.69, 9.17) is 5.73 Å². The number of nitrogens with two attached hydrogens (primary N) is 1. The molecule has 1 saturated carbocycles. The monoisotopic (exact) mass is 479 g/mol. The van der Waals surface area contributed by atoms with Crippen molar-refractivity contribution in [2.75, 3.05) is 0 Å². The van der Waals surface area contributed by atoms with E-state index < -0.39 is 76.7 Å². The van der Waals surface area contributed by atoms with Gasteiger partial charge in [0.1, 0.15) is 17.4 Å². The first-order valence-electron chi connectivity index (χ1n) is 11.3. The zero-order valence-electron chi connectivity index (χ0n) is 18.8. The quantitative estimate of drug-likeness (QED) is 0.345. The molecule has 1 fully saturated rings. The molecule has 7 atom stereocenters. The average molecular weight is 479 g/mol. The molecule has 0 aliphatic heterocycles. The van der Waals surface area contributed by atoms with Crippen LogP contribution in [0.15, 0.2) is 53.8 Å². The molecule has 1 amide bonds. The minimum absolute atomic E-state index is 0.0966. The number of Topliss-reactive ketones (excluding diaryl/α,β-unsaturated/α-hetero) is 2. The van der Waals surface area contributed by atoms with Crippen LogP contribution in [0.3, 0.4) is 0 Å². The summed E-state index contributed by atoms with van der Waals surface area (Å²) in [5.74, 6) is -9.51. The van der Waals surface area contributed by atoms with Crippen LogP contribution in [-0.2, 0) is 9.59 Å². The fourth-order valence-corrected chi connectivity index (χ4v) is 6.25. The first-order valence-corrected chi connectivity index (χ1v) is 11.3. The summed E-state index contributed by atoms with van der Waals surface area (Å²) in [7, 11) is 0. The number of primary amides is 1. The summed E-state index contributed by atoms with van der Waals surface area (Å²) in [6, 6.07) is 12.2. The third kappa shape index (κ3) is 2.95. The van der Waals surface area contributed by atoms with E-state index in [1.807, 2.05) is 30.3 Å². The zero-order valence-corrected chi connectivity index (χ0v) is 18.8. The van der Waals surface area contributed by atoms with Gasteiger partial charge < -0.3 is 31.3 Å². The van der Waals surface area contributed by atoms with Gasteiger partial charge in [-0.05, 0) is 35.1 Å². The highest BCUT2D eigenvalue weighted by Gasteiger charge is 2.66. The average Bonchev–Trinajstić information content (AvgIpc) is 2.82. The first kappa shape index (κ1) is 23.2. The minimum Gasteiger partial charge on any atom is -0.508 e. The Hall–Kier alpha value is -3.53. The standard InChI is InChI=1S/C26H25NO8/c1-10-16-12(11-5-3-2-4-6-11)7-8-14(28)18(16)22(31)20-17(10)21(30)13-9-15(29)19(25(27)34)23(32)26(13,35)24(20)33/h2-8,10,13,15,17,19,21,28-30,33,35H,9H2,1H3,(H2,27,34)/t10-,13+,15?,17+,19?,21+,26+/m0/s1. The van der Waals surface area contributed by atoms with Crippen molar-refractivity contribution in [3.63, 3.8) is 0 Å². The SMILES string of the molecule is C[C@H]1c2c(-c3ccccc3)ccc(O)c2C(=O)C2=C(O)[C@]3(O)C(=O)C(C(N)=O)C(O)C[C@@H]3[C@@H](O)[C@@H]21. The van der Waals surface area contributed by atoms with Crippen LogP contribution in [0.2, 0.25) is 0 Å². The van der Waals surface area contributed by atoms with Crippen LogP contribution in [0.25, 0.3) is 11.1 Å². The van der Waals surface area contributed by atoms with E-state index in [2.05, 4.69) is 0 Å². The van der Waals surface area contributed by atoms with E-state index in [-0.39, 0.29) is 11.3 Å². The number of aliphatic hydroxyl groups excluding tert-OH is 3. The summed E-state index contributed by atoms with van der Waals surface area (Å²) >= 11 is 0. The number of hydrogen-bond donors (Lipinski definition) is 6. The predicted molar refractivity (Wildman–Crippen MR) is 122 cm³/mol. The van der Waals surface area contributed by atoms with Crippen LogP contribution in [0, 0.1) is 17.8 Å². The van der Waals surface area contributed by atoms with Crippen LogP contribution in [0.5, 0.6) is 5.75 Å². The van der Waals surface area contributed by atoms with Gasteiger partial charge in [-0.2, -0.15) is 0 Å². The van der Waals surface area contributed by atoms with Crippen LogP contribution in [0.4, 0.5) is 0 Å². The molecule has 7 N–H and O–H groups in total. The molecule has 0 spiro atoms. The van der Waals surface area contributed by atoms with Crippen molar-refractivity contribution < 1.29 is 39.9 Å². The number of carbonyl (C=O) groups excluding carboxylic acids is 3. The fraction of sp³-hybridized carbons (Fsp3) is 0.346. The molecular weight excluding hydrogens is 454 g/mol. The highest BCUT2D eigenvalue weighted by Crippen LogP contribution is 2.56. The Morgan fingerprint density at radius 3 is 2.34 bits per heavy atom. The number of ketones is 2. The van der Waals surface area contributed by atoms with Crippen LogP contribution in [0.1, 0.15) is 35.2 Å². The lowest BCUT2D eigenvalue weighted by molar-refractivity contribution is -0.179. The molecular formula is C26H25NO8. The summed E-state index contributed by atoms with van der Waals surface area (Å²) in [5.41, 5.74) is 3.86. The molecule has 5 rings (SSSR count). The fourth-order valence-electron chi connectivity index (χ4n) is 6.25. The normalized spacial score (nSPS) is 34.2. The van der Waals surface area contributed by atoms with Crippen molar-refractivity contribution >= 4 is 17.5 Å². The maximum absolute atomic E-state index is 13.7. The summed E-state index contributed by atoms with van der Waals surface area (Å²) in [6.45, 7) is 1.72. The van der Waals surface area contributed by atoms with E-state index in [1.165, 1.54) is 6.07 Å². The van der Waals surface area contributed by atoms with E-state index in [0.717, 1.165) is 5.56 Å². The maximum atomic E-state index is 13.7. The summed E-state index contributed by atoms with van der Waals surface area (Å²) < 4.78 is 0. The van der Waals surface area contributed by atoms with Crippen molar-refractivity contribution in [3.05, 3.63) is 64.9 Å². The van der Waals surface area contributed by atoms with Gasteiger partial charge in [0.15, 0.2) is 17.2 Å². The first-order chi connectivity index (χ1) is 16.5. The molecule has 2 aromatic rings. The molecule has 0 bridgehead atoms. The third-order valence-electron chi connectivity index (χ3n) is 7.89. The molecule has 2 unspecified atom stereocenters. The predicted octanol–water partition coefficient (Wildman–Crippen LogP) is 0.944. The topological polar surface area (TPSA) is 178 Å². The number of fused-ring (bicyclic) bond motifs is 3. The lowest BCUT2D eigenvalue weighted by Gasteiger charge is -2.52. The molecule has 3 aliphatic carbocycles. The van der Waals surface area contributed by atoms with E-state index in [9.17, 15) is 39.9 Å². The smallest absolute Gasteiger partial charge is 0.230 e. The summed E-state index contributed by atoms with van der Waals surface area (Å²) in [6.07, 6.45) is -3.50. The van der Waals surface area contributed by atoms with E-state index in [0.29, 0.717) is 11.1 Å². The van der Waals surface area contributed by atoms with Crippen LogP contribution < -0.4 is 5.73 Å². The number of benzene rings is 2. The molecule has 9 heteroatoms. The van der Waals surface area contributed by atoms with Gasteiger partial charge in [-0.25, -0.2) is 0 Å². The van der Waals surface area contributed by atoms with E-state index in [1.54, 1.807) is 13.0 Å². The number of amides is 1. The Bertz CT molecular complexity index is 1300. The summed E-state index contributed by atoms with van der Waals surface area (Å²) in [4.78, 5) is 38.7. The molecule has 9 nitrogen and oxygen atoms in total. The highest BCUT2D eigenvalue weighted by molar-refractivity contribution is 6.16. The Balaban J connectivity index is 1.76. The Labute approximate surface area is 200 Å². The van der Waals surface area contributed by atoms with Crippen molar-refractivity contribution in [3.8, 4) is 16.9 Å². The number of hydrogen-bond acceptors (Lipinski definition) is 8. The van der Waals surface area contributed by atoms with E-state index >= 15 is 0 Å². The largest absolute Gasteiger partial charge is 0.508 e. The zero-order chi connectivity index (χ0) is 25.4. The minimum atomic E-state index is -2.79. The molecule has 0 radical (unpaired) electrons. The van der Waals surface area contributed by atoms with Crippen LogP contribution >= 0.6 is 0 Å². The molecule has 35 heavy (non-hydrogen) atoms. The number of aromatic hydroxyl groups is 1. The van der Waals surface area contributed by atoms with Gasteiger partial charge in [0.25, 0.3) is 0 Å². The Morgan fingerprint density at radius 1 is 1.06 bits per heavy atom. The van der Waals surface area contributed by atoms with Crippen molar-refractivity contribution in [1.82, 2.24) is 0 Å². The lowest BCUT2D eigenvalue weighted by Crippen LogP contribution is -2.67. The lowest BCUT2D eigenvalue weighted by atomic mass is 9.54. The number of carbonyl (C=O) groups is 3. The van der Waals surface area contributed by atoms with Gasteiger partial charge in [0.05, 0.1) is 17.8 Å². The third-order valence-corrected chi connectivity index (χ3v) is 7.89. The molecule has 3 aliphatic rings. The second-order valence-electron chi connectivity index (χ2n) is 9.60. The Morgan fingerprint density at radius 2 is 1.71 bits per heavy atom. The van der Waals surface area contributed by atoms with Gasteiger partial charge in [0, 0.05) is 17.4 Å². The number of aliphatic hydroxyl groups is 4. The number of phenolic OH excluding ortho intramolecular Hbond substituents is 1.